The number of carbonyl (C=O) groups is 1. The zero-order valence-electron chi connectivity index (χ0n) is 15.5. The van der Waals surface area contributed by atoms with E-state index in [0.29, 0.717) is 49.0 Å². The summed E-state index contributed by atoms with van der Waals surface area (Å²) < 4.78 is 33.6. The van der Waals surface area contributed by atoms with Crippen LogP contribution in [0.2, 0.25) is 0 Å². The van der Waals surface area contributed by atoms with Crippen LogP contribution in [0.4, 0.5) is 11.4 Å². The van der Waals surface area contributed by atoms with Crippen LogP contribution in [-0.2, 0) is 14.8 Å². The van der Waals surface area contributed by atoms with Crippen molar-refractivity contribution in [3.63, 3.8) is 0 Å². The SMILES string of the molecule is COc1ccc(N2CCN(C=O)CC2)cc1NS(=O)(=O)c1c(C)n[nH]c1C. The van der Waals surface area contributed by atoms with Gasteiger partial charge in [-0.1, -0.05) is 0 Å². The van der Waals surface area contributed by atoms with Gasteiger partial charge in [-0.15, -0.1) is 0 Å². The third kappa shape index (κ3) is 3.85. The molecule has 1 fully saturated rings. The number of nitrogens with zero attached hydrogens (tertiary/aromatic N) is 3. The highest BCUT2D eigenvalue weighted by Crippen LogP contribution is 2.32. The van der Waals surface area contributed by atoms with Crippen molar-refractivity contribution >= 4 is 27.8 Å². The van der Waals surface area contributed by atoms with Gasteiger partial charge in [0.2, 0.25) is 6.41 Å². The monoisotopic (exact) mass is 393 g/mol. The molecule has 0 aliphatic carbocycles. The van der Waals surface area contributed by atoms with E-state index in [1.165, 1.54) is 7.11 Å². The topological polar surface area (TPSA) is 108 Å². The van der Waals surface area contributed by atoms with Crippen molar-refractivity contribution in [1.82, 2.24) is 15.1 Å². The number of aromatic nitrogens is 2. The van der Waals surface area contributed by atoms with Crippen molar-refractivity contribution in [3.05, 3.63) is 29.6 Å². The zero-order valence-corrected chi connectivity index (χ0v) is 16.3. The minimum atomic E-state index is -3.82. The maximum atomic E-state index is 12.9. The third-order valence-electron chi connectivity index (χ3n) is 4.59. The van der Waals surface area contributed by atoms with Crippen molar-refractivity contribution in [2.75, 3.05) is 42.9 Å². The van der Waals surface area contributed by atoms with Crippen molar-refractivity contribution in [3.8, 4) is 5.75 Å². The Labute approximate surface area is 158 Å². The average Bonchev–Trinajstić information content (AvgIpc) is 3.00. The number of amides is 1. The number of rotatable bonds is 6. The van der Waals surface area contributed by atoms with Crippen molar-refractivity contribution in [2.24, 2.45) is 0 Å². The maximum absolute atomic E-state index is 12.9. The highest BCUT2D eigenvalue weighted by Gasteiger charge is 2.24. The quantitative estimate of drug-likeness (QED) is 0.712. The van der Waals surface area contributed by atoms with E-state index in [2.05, 4.69) is 19.8 Å². The molecule has 9 nitrogen and oxygen atoms in total. The summed E-state index contributed by atoms with van der Waals surface area (Å²) in [7, 11) is -2.33. The van der Waals surface area contributed by atoms with Crippen LogP contribution in [0, 0.1) is 13.8 Å². The van der Waals surface area contributed by atoms with Gasteiger partial charge in [-0.3, -0.25) is 14.6 Å². The van der Waals surface area contributed by atoms with Gasteiger partial charge in [0.1, 0.15) is 10.6 Å². The summed E-state index contributed by atoms with van der Waals surface area (Å²) in [6.45, 7) is 5.91. The number of aryl methyl sites for hydroxylation is 2. The van der Waals surface area contributed by atoms with Crippen LogP contribution in [0.1, 0.15) is 11.4 Å². The fourth-order valence-electron chi connectivity index (χ4n) is 3.19. The van der Waals surface area contributed by atoms with E-state index in [9.17, 15) is 13.2 Å². The van der Waals surface area contributed by atoms with Gasteiger partial charge in [0.05, 0.1) is 24.2 Å². The molecule has 0 saturated carbocycles. The van der Waals surface area contributed by atoms with Crippen LogP contribution in [0.3, 0.4) is 0 Å². The van der Waals surface area contributed by atoms with Crippen LogP contribution in [0.15, 0.2) is 23.1 Å². The van der Waals surface area contributed by atoms with E-state index in [1.807, 2.05) is 6.07 Å². The summed E-state index contributed by atoms with van der Waals surface area (Å²) in [5.74, 6) is 0.424. The number of hydrogen-bond donors (Lipinski definition) is 2. The lowest BCUT2D eigenvalue weighted by molar-refractivity contribution is -0.118. The lowest BCUT2D eigenvalue weighted by atomic mass is 10.2. The Bertz CT molecular complexity index is 913. The minimum Gasteiger partial charge on any atom is -0.495 e. The molecule has 27 heavy (non-hydrogen) atoms. The Balaban J connectivity index is 1.89. The van der Waals surface area contributed by atoms with Crippen molar-refractivity contribution in [1.29, 1.82) is 0 Å². The fourth-order valence-corrected chi connectivity index (χ4v) is 4.62. The van der Waals surface area contributed by atoms with Gasteiger partial charge >= 0.3 is 0 Å². The summed E-state index contributed by atoms with van der Waals surface area (Å²) in [6.07, 6.45) is 0.848. The van der Waals surface area contributed by atoms with Gasteiger partial charge < -0.3 is 14.5 Å². The number of sulfonamides is 1. The van der Waals surface area contributed by atoms with E-state index in [0.717, 1.165) is 12.1 Å². The van der Waals surface area contributed by atoms with Gasteiger partial charge in [-0.05, 0) is 32.0 Å². The molecule has 2 aromatic rings. The number of anilines is 2. The lowest BCUT2D eigenvalue weighted by Gasteiger charge is -2.34. The second-order valence-corrected chi connectivity index (χ2v) is 8.00. The van der Waals surface area contributed by atoms with Crippen LogP contribution in [0.5, 0.6) is 5.75 Å². The predicted molar refractivity (Wildman–Crippen MR) is 102 cm³/mol. The first kappa shape index (κ1) is 19.0. The summed E-state index contributed by atoms with van der Waals surface area (Å²) in [5, 5.41) is 6.64. The normalized spacial score (nSPS) is 14.9. The number of ether oxygens (including phenoxy) is 1. The number of benzene rings is 1. The minimum absolute atomic E-state index is 0.134. The van der Waals surface area contributed by atoms with E-state index in [4.69, 9.17) is 4.74 Å². The number of piperazine rings is 1. The Morgan fingerprint density at radius 2 is 1.93 bits per heavy atom. The van der Waals surface area contributed by atoms with Crippen LogP contribution in [0.25, 0.3) is 0 Å². The second-order valence-electron chi connectivity index (χ2n) is 6.38. The molecule has 0 radical (unpaired) electrons. The molecule has 0 unspecified atom stereocenters. The number of hydrogen-bond acceptors (Lipinski definition) is 6. The number of aromatic amines is 1. The number of H-pyrrole nitrogens is 1. The zero-order chi connectivity index (χ0) is 19.6. The molecule has 2 heterocycles. The number of methoxy groups -OCH3 is 1. The largest absolute Gasteiger partial charge is 0.495 e. The average molecular weight is 393 g/mol. The Kier molecular flexibility index (Phi) is 5.26. The Hall–Kier alpha value is -2.75. The molecule has 0 spiro atoms. The molecule has 146 valence electrons. The van der Waals surface area contributed by atoms with Crippen LogP contribution >= 0.6 is 0 Å². The molecule has 1 aromatic heterocycles. The van der Waals surface area contributed by atoms with E-state index in [1.54, 1.807) is 30.9 Å². The number of carbonyl (C=O) groups excluding carboxylic acids is 1. The summed E-state index contributed by atoms with van der Waals surface area (Å²) in [6, 6.07) is 5.35. The molecule has 1 aliphatic heterocycles. The first-order valence-corrected chi connectivity index (χ1v) is 10.0. The first-order valence-electron chi connectivity index (χ1n) is 8.52. The van der Waals surface area contributed by atoms with E-state index in [-0.39, 0.29) is 4.90 Å². The smallest absolute Gasteiger partial charge is 0.265 e. The number of nitrogens with one attached hydrogen (secondary N) is 2. The molecule has 1 amide bonds. The third-order valence-corrected chi connectivity index (χ3v) is 6.21. The molecule has 2 N–H and O–H groups in total. The molecule has 3 rings (SSSR count). The molecular formula is C17H23N5O4S. The van der Waals surface area contributed by atoms with Crippen molar-refractivity contribution < 1.29 is 17.9 Å². The van der Waals surface area contributed by atoms with E-state index < -0.39 is 10.0 Å². The molecule has 0 atom stereocenters. The summed E-state index contributed by atoms with van der Waals surface area (Å²) in [5.41, 5.74) is 2.09. The Morgan fingerprint density at radius 1 is 1.22 bits per heavy atom. The van der Waals surface area contributed by atoms with Gasteiger partial charge in [0, 0.05) is 31.9 Å². The predicted octanol–water partition coefficient (Wildman–Crippen LogP) is 1.11. The van der Waals surface area contributed by atoms with Gasteiger partial charge in [0.25, 0.3) is 10.0 Å². The highest BCUT2D eigenvalue weighted by molar-refractivity contribution is 7.92. The molecule has 10 heteroatoms. The lowest BCUT2D eigenvalue weighted by Crippen LogP contribution is -2.45. The van der Waals surface area contributed by atoms with Crippen molar-refractivity contribution in [2.45, 2.75) is 18.7 Å². The van der Waals surface area contributed by atoms with Gasteiger partial charge in [-0.2, -0.15) is 5.10 Å². The Morgan fingerprint density at radius 3 is 2.48 bits per heavy atom. The summed E-state index contributed by atoms with van der Waals surface area (Å²) >= 11 is 0. The molecular weight excluding hydrogens is 370 g/mol. The maximum Gasteiger partial charge on any atom is 0.265 e. The van der Waals surface area contributed by atoms with E-state index >= 15 is 0 Å². The highest BCUT2D eigenvalue weighted by atomic mass is 32.2. The molecule has 0 bridgehead atoms. The van der Waals surface area contributed by atoms with Crippen LogP contribution < -0.4 is 14.4 Å². The standard InChI is InChI=1S/C17H23N5O4S/c1-12-17(13(2)19-18-12)27(24,25)20-15-10-14(4-5-16(15)26-3)22-8-6-21(11-23)7-9-22/h4-5,10-11,20H,6-9H2,1-3H3,(H,18,19). The molecule has 1 aromatic carbocycles. The van der Waals surface area contributed by atoms with Gasteiger partial charge in [0.15, 0.2) is 0 Å². The summed E-state index contributed by atoms with van der Waals surface area (Å²) in [4.78, 5) is 14.8. The second kappa shape index (κ2) is 7.47. The fraction of sp³-hybridized carbons (Fsp3) is 0.412. The van der Waals surface area contributed by atoms with Crippen LogP contribution in [-0.4, -0.2) is 63.2 Å². The molecule has 1 aliphatic rings. The molecule has 1 saturated heterocycles. The first-order chi connectivity index (χ1) is 12.9. The van der Waals surface area contributed by atoms with Gasteiger partial charge in [-0.25, -0.2) is 8.42 Å².